The maximum absolute atomic E-state index is 9.60. The van der Waals surface area contributed by atoms with E-state index in [1.807, 2.05) is 0 Å². The van der Waals surface area contributed by atoms with Crippen LogP contribution in [0.4, 0.5) is 4.79 Å². The number of ether oxygens (including phenoxy) is 1. The lowest BCUT2D eigenvalue weighted by atomic mass is 10.7. The third-order valence-corrected chi connectivity index (χ3v) is 0.810. The first-order chi connectivity index (χ1) is 9.58. The molecule has 21 heavy (non-hydrogen) atoms. The summed E-state index contributed by atoms with van der Waals surface area (Å²) >= 11 is 0. The van der Waals surface area contributed by atoms with Gasteiger partial charge in [0.25, 0.3) is 0 Å². The number of rotatable bonds is 4. The van der Waals surface area contributed by atoms with Crippen LogP contribution in [-0.4, -0.2) is 45.9 Å². The quantitative estimate of drug-likeness (QED) is 0.555. The lowest BCUT2D eigenvalue weighted by molar-refractivity contribution is -0.132. The Kier molecular flexibility index (Phi) is 27.9. The normalized spacial score (nSPS) is 6.71. The van der Waals surface area contributed by atoms with Gasteiger partial charge in [0.1, 0.15) is 0 Å². The number of primary amides is 1. The number of aliphatic carboxylic acids is 3. The van der Waals surface area contributed by atoms with Crippen molar-refractivity contribution < 1.29 is 39.2 Å². The third kappa shape index (κ3) is 108. The van der Waals surface area contributed by atoms with Gasteiger partial charge in [-0.1, -0.05) is 19.7 Å². The Hall–Kier alpha value is -3.10. The number of hydrogen-bond donors (Lipinski definition) is 4. The van der Waals surface area contributed by atoms with Crippen molar-refractivity contribution in [1.82, 2.24) is 0 Å². The summed E-state index contributed by atoms with van der Waals surface area (Å²) in [6.45, 7) is 10.9. The molecule has 1 amide bonds. The van der Waals surface area contributed by atoms with E-state index in [2.05, 4.69) is 30.2 Å². The number of hydrogen-bond acceptors (Lipinski definition) is 5. The van der Waals surface area contributed by atoms with Gasteiger partial charge in [0, 0.05) is 18.2 Å². The van der Waals surface area contributed by atoms with Crippen LogP contribution >= 0.6 is 0 Å². The first-order valence-corrected chi connectivity index (χ1v) is 5.07. The smallest absolute Gasteiger partial charge is 0.404 e. The van der Waals surface area contributed by atoms with Crippen molar-refractivity contribution in [2.75, 3.05) is 6.61 Å². The summed E-state index contributed by atoms with van der Waals surface area (Å²) in [5, 5.41) is 22.8. The van der Waals surface area contributed by atoms with Crippen molar-refractivity contribution >= 4 is 24.0 Å². The molecule has 0 saturated carbocycles. The lowest BCUT2D eigenvalue weighted by Crippen LogP contribution is -2.11. The van der Waals surface area contributed by atoms with Crippen molar-refractivity contribution in [3.8, 4) is 0 Å². The Labute approximate surface area is 121 Å². The van der Waals surface area contributed by atoms with Crippen molar-refractivity contribution in [3.63, 3.8) is 0 Å². The second-order valence-corrected chi connectivity index (χ2v) is 2.38. The minimum absolute atomic E-state index is 0.356. The summed E-state index contributed by atoms with van der Waals surface area (Å²) in [7, 11) is 0. The van der Waals surface area contributed by atoms with Gasteiger partial charge in [-0.3, -0.25) is 0 Å². The highest BCUT2D eigenvalue weighted by molar-refractivity contribution is 5.79. The van der Waals surface area contributed by atoms with E-state index in [1.54, 1.807) is 6.92 Å². The molecule has 9 heteroatoms. The monoisotopic (exact) mass is 305 g/mol. The summed E-state index contributed by atoms with van der Waals surface area (Å²) in [5.74, 6) is -2.94. The molecule has 0 unspecified atom stereocenters. The fourth-order valence-electron chi connectivity index (χ4n) is 0.142. The average molecular weight is 305 g/mol. The molecule has 0 saturated heterocycles. The van der Waals surface area contributed by atoms with E-state index in [1.165, 1.54) is 0 Å². The van der Waals surface area contributed by atoms with Gasteiger partial charge in [0.15, 0.2) is 0 Å². The Balaban J connectivity index is -0.0000000921. The minimum Gasteiger partial charge on any atom is -0.478 e. The number of carbonyl (C=O) groups is 4. The molecular formula is C12H19NO8. The molecule has 0 aliphatic rings. The molecule has 0 aromatic heterocycles. The van der Waals surface area contributed by atoms with E-state index >= 15 is 0 Å². The largest absolute Gasteiger partial charge is 0.478 e. The molecule has 0 aromatic carbocycles. The van der Waals surface area contributed by atoms with Crippen LogP contribution in [0.25, 0.3) is 0 Å². The number of carboxylic acids is 3. The zero-order chi connectivity index (χ0) is 17.8. The highest BCUT2D eigenvalue weighted by Crippen LogP contribution is 1.66. The van der Waals surface area contributed by atoms with Gasteiger partial charge in [-0.2, -0.15) is 0 Å². The van der Waals surface area contributed by atoms with Gasteiger partial charge in [0.2, 0.25) is 0 Å². The van der Waals surface area contributed by atoms with Crippen molar-refractivity contribution in [2.24, 2.45) is 5.73 Å². The first-order valence-electron chi connectivity index (χ1n) is 5.07. The highest BCUT2D eigenvalue weighted by atomic mass is 16.5. The standard InChI is InChI=1S/C3H7NO2.3C3H4O2/c1-2-6-3(4)5;3*1-2-3(4)5/h2H2,1H3,(H2,4,5);3*2H,1H2,(H,4,5). The molecule has 0 rings (SSSR count). The highest BCUT2D eigenvalue weighted by Gasteiger charge is 1.82. The van der Waals surface area contributed by atoms with Crippen LogP contribution in [0.15, 0.2) is 38.0 Å². The molecule has 5 N–H and O–H groups in total. The van der Waals surface area contributed by atoms with E-state index in [9.17, 15) is 19.2 Å². The molecule has 0 bridgehead atoms. The van der Waals surface area contributed by atoms with E-state index in [-0.39, 0.29) is 0 Å². The topological polar surface area (TPSA) is 164 Å². The maximum atomic E-state index is 9.60. The van der Waals surface area contributed by atoms with E-state index in [0.717, 1.165) is 18.2 Å². The molecule has 9 nitrogen and oxygen atoms in total. The Bertz CT molecular complexity index is 319. The van der Waals surface area contributed by atoms with Gasteiger partial charge in [0.05, 0.1) is 6.61 Å². The number of nitrogens with two attached hydrogens (primary N) is 1. The van der Waals surface area contributed by atoms with E-state index in [0.29, 0.717) is 6.61 Å². The zero-order valence-corrected chi connectivity index (χ0v) is 11.5. The van der Waals surface area contributed by atoms with Crippen LogP contribution in [-0.2, 0) is 19.1 Å². The van der Waals surface area contributed by atoms with Crippen LogP contribution in [0.3, 0.4) is 0 Å². The first kappa shape index (κ1) is 26.5. The van der Waals surface area contributed by atoms with E-state index in [4.69, 9.17) is 15.3 Å². The molecule has 0 atom stereocenters. The summed E-state index contributed by atoms with van der Waals surface area (Å²) in [4.78, 5) is 37.3. The average Bonchev–Trinajstić information content (AvgIpc) is 2.40. The van der Waals surface area contributed by atoms with Gasteiger partial charge in [-0.05, 0) is 6.92 Å². The minimum atomic E-state index is -0.981. The van der Waals surface area contributed by atoms with Gasteiger partial charge < -0.3 is 25.8 Å². The summed E-state index contributed by atoms with van der Waals surface area (Å²) in [5.41, 5.74) is 4.54. The number of carbonyl (C=O) groups excluding carboxylic acids is 1. The van der Waals surface area contributed by atoms with Crippen LogP contribution in [0.1, 0.15) is 6.92 Å². The summed E-state index contributed by atoms with van der Waals surface area (Å²) in [6, 6.07) is 0. The lowest BCUT2D eigenvalue weighted by Gasteiger charge is -1.89. The summed E-state index contributed by atoms with van der Waals surface area (Å²) < 4.78 is 4.18. The third-order valence-electron chi connectivity index (χ3n) is 0.810. The van der Waals surface area contributed by atoms with Crippen molar-refractivity contribution in [3.05, 3.63) is 38.0 Å². The second kappa shape index (κ2) is 22.1. The fraction of sp³-hybridized carbons (Fsp3) is 0.167. The molecule has 120 valence electrons. The second-order valence-electron chi connectivity index (χ2n) is 2.38. The van der Waals surface area contributed by atoms with Gasteiger partial charge in [-0.15, -0.1) is 0 Å². The molecule has 0 heterocycles. The number of amides is 1. The SMILES string of the molecule is C=CC(=O)O.C=CC(=O)O.C=CC(=O)O.CCOC(N)=O. The predicted molar refractivity (Wildman–Crippen MR) is 74.7 cm³/mol. The Morgan fingerprint density at radius 3 is 1.10 bits per heavy atom. The Morgan fingerprint density at radius 2 is 1.10 bits per heavy atom. The molecule has 0 radical (unpaired) electrons. The van der Waals surface area contributed by atoms with Crippen molar-refractivity contribution in [1.29, 1.82) is 0 Å². The fourth-order valence-corrected chi connectivity index (χ4v) is 0.142. The van der Waals surface area contributed by atoms with Crippen molar-refractivity contribution in [2.45, 2.75) is 6.92 Å². The van der Waals surface area contributed by atoms with Crippen LogP contribution in [0, 0.1) is 0 Å². The molecular weight excluding hydrogens is 286 g/mol. The molecule has 0 aliphatic carbocycles. The summed E-state index contributed by atoms with van der Waals surface area (Å²) in [6.07, 6.45) is 1.79. The zero-order valence-electron chi connectivity index (χ0n) is 11.5. The molecule has 0 spiro atoms. The van der Waals surface area contributed by atoms with Crippen LogP contribution in [0.5, 0.6) is 0 Å². The predicted octanol–water partition coefficient (Wildman–Crippen LogP) is 0.873. The van der Waals surface area contributed by atoms with Crippen LogP contribution < -0.4 is 5.73 Å². The van der Waals surface area contributed by atoms with Gasteiger partial charge in [-0.25, -0.2) is 19.2 Å². The van der Waals surface area contributed by atoms with Crippen LogP contribution in [0.2, 0.25) is 0 Å². The maximum Gasteiger partial charge on any atom is 0.404 e. The van der Waals surface area contributed by atoms with E-state index < -0.39 is 24.0 Å². The molecule has 0 fully saturated rings. The molecule has 0 aliphatic heterocycles. The molecule has 0 aromatic rings. The number of carboxylic acid groups (broad SMARTS) is 3. The van der Waals surface area contributed by atoms with Gasteiger partial charge >= 0.3 is 24.0 Å². The Morgan fingerprint density at radius 1 is 0.905 bits per heavy atom.